The molecule has 98 valence electrons. The third-order valence-electron chi connectivity index (χ3n) is 2.25. The molecule has 0 aliphatic rings. The van der Waals surface area contributed by atoms with Crippen LogP contribution in [0.2, 0.25) is 20.1 Å². The number of esters is 1. The van der Waals surface area contributed by atoms with Crippen molar-refractivity contribution in [2.45, 2.75) is 0 Å². The summed E-state index contributed by atoms with van der Waals surface area (Å²) in [5.41, 5.74) is 0.278. The largest absolute Gasteiger partial charge is 0.421 e. The number of hydrogen-bond donors (Lipinski definition) is 0. The van der Waals surface area contributed by atoms with Crippen molar-refractivity contribution in [2.24, 2.45) is 0 Å². The van der Waals surface area contributed by atoms with Crippen molar-refractivity contribution < 1.29 is 9.53 Å². The fourth-order valence-electron chi connectivity index (χ4n) is 1.34. The van der Waals surface area contributed by atoms with Gasteiger partial charge < -0.3 is 4.74 Å². The lowest BCUT2D eigenvalue weighted by Gasteiger charge is -2.07. The Balaban J connectivity index is 2.23. The van der Waals surface area contributed by atoms with Crippen molar-refractivity contribution >= 4 is 52.4 Å². The van der Waals surface area contributed by atoms with Crippen molar-refractivity contribution in [1.82, 2.24) is 0 Å². The van der Waals surface area contributed by atoms with Gasteiger partial charge in [0.05, 0.1) is 20.6 Å². The molecule has 0 N–H and O–H groups in total. The van der Waals surface area contributed by atoms with E-state index in [9.17, 15) is 4.79 Å². The highest BCUT2D eigenvalue weighted by molar-refractivity contribution is 6.42. The predicted molar refractivity (Wildman–Crippen MR) is 77.9 cm³/mol. The van der Waals surface area contributed by atoms with Gasteiger partial charge in [0.25, 0.3) is 0 Å². The molecule has 0 heterocycles. The van der Waals surface area contributed by atoms with Crippen LogP contribution in [0.5, 0.6) is 5.75 Å². The van der Waals surface area contributed by atoms with Gasteiger partial charge in [-0.05, 0) is 36.4 Å². The van der Waals surface area contributed by atoms with Gasteiger partial charge in [-0.3, -0.25) is 0 Å². The van der Waals surface area contributed by atoms with E-state index >= 15 is 0 Å². The second-order valence-electron chi connectivity index (χ2n) is 3.59. The quantitative estimate of drug-likeness (QED) is 0.533. The molecule has 0 spiro atoms. The molecule has 2 aromatic carbocycles. The average molecular weight is 336 g/mol. The number of carbonyl (C=O) groups excluding carboxylic acids is 1. The number of carbonyl (C=O) groups is 1. The van der Waals surface area contributed by atoms with E-state index in [0.717, 1.165) is 0 Å². The third kappa shape index (κ3) is 3.54. The molecule has 0 atom stereocenters. The second kappa shape index (κ2) is 6.02. The highest BCUT2D eigenvalue weighted by Gasteiger charge is 2.12. The zero-order valence-electron chi connectivity index (χ0n) is 9.29. The Morgan fingerprint density at radius 2 is 1.58 bits per heavy atom. The molecule has 0 fully saturated rings. The van der Waals surface area contributed by atoms with Crippen LogP contribution in [0.3, 0.4) is 0 Å². The Morgan fingerprint density at radius 3 is 2.21 bits per heavy atom. The molecule has 2 rings (SSSR count). The first kappa shape index (κ1) is 14.5. The standard InChI is InChI=1S/C13H6Cl4O2/c14-8-2-4-12(11(17)6-8)19-13(18)7-1-3-9(15)10(16)5-7/h1-6H. The fourth-order valence-corrected chi connectivity index (χ4v) is 2.09. The van der Waals surface area contributed by atoms with E-state index < -0.39 is 5.97 Å². The first-order chi connectivity index (χ1) is 8.97. The Morgan fingerprint density at radius 1 is 0.842 bits per heavy atom. The Kier molecular flexibility index (Phi) is 4.58. The maximum atomic E-state index is 11.9. The van der Waals surface area contributed by atoms with Crippen LogP contribution in [0.15, 0.2) is 36.4 Å². The van der Waals surface area contributed by atoms with Gasteiger partial charge in [0.15, 0.2) is 0 Å². The van der Waals surface area contributed by atoms with Gasteiger partial charge in [-0.25, -0.2) is 4.79 Å². The van der Waals surface area contributed by atoms with Gasteiger partial charge in [-0.1, -0.05) is 46.4 Å². The molecule has 0 unspecified atom stereocenters. The van der Waals surface area contributed by atoms with Gasteiger partial charge in [-0.15, -0.1) is 0 Å². The van der Waals surface area contributed by atoms with Crippen molar-refractivity contribution in [3.05, 3.63) is 62.1 Å². The smallest absolute Gasteiger partial charge is 0.343 e. The summed E-state index contributed by atoms with van der Waals surface area (Å²) in [5.74, 6) is -0.357. The maximum absolute atomic E-state index is 11.9. The van der Waals surface area contributed by atoms with Gasteiger partial charge in [0.2, 0.25) is 0 Å². The molecular formula is C13H6Cl4O2. The highest BCUT2D eigenvalue weighted by atomic mass is 35.5. The van der Waals surface area contributed by atoms with Crippen LogP contribution < -0.4 is 4.74 Å². The predicted octanol–water partition coefficient (Wildman–Crippen LogP) is 5.52. The molecule has 2 aromatic rings. The van der Waals surface area contributed by atoms with Crippen molar-refractivity contribution in [3.8, 4) is 5.75 Å². The van der Waals surface area contributed by atoms with E-state index in [4.69, 9.17) is 51.1 Å². The lowest BCUT2D eigenvalue weighted by molar-refractivity contribution is 0.0735. The van der Waals surface area contributed by atoms with Crippen LogP contribution in [-0.2, 0) is 0 Å². The van der Waals surface area contributed by atoms with Gasteiger partial charge in [-0.2, -0.15) is 0 Å². The fraction of sp³-hybridized carbons (Fsp3) is 0. The second-order valence-corrected chi connectivity index (χ2v) is 5.25. The van der Waals surface area contributed by atoms with Gasteiger partial charge >= 0.3 is 5.97 Å². The molecule has 6 heteroatoms. The summed E-state index contributed by atoms with van der Waals surface area (Å²) in [7, 11) is 0. The van der Waals surface area contributed by atoms with E-state index in [1.807, 2.05) is 0 Å². The lowest BCUT2D eigenvalue weighted by Crippen LogP contribution is -2.08. The minimum absolute atomic E-state index is 0.224. The summed E-state index contributed by atoms with van der Waals surface area (Å²) in [4.78, 5) is 11.9. The van der Waals surface area contributed by atoms with E-state index in [2.05, 4.69) is 0 Å². The summed E-state index contributed by atoms with van der Waals surface area (Å²) in [6.45, 7) is 0. The molecule has 0 amide bonds. The Bertz CT molecular complexity index is 641. The van der Waals surface area contributed by atoms with Crippen molar-refractivity contribution in [1.29, 1.82) is 0 Å². The van der Waals surface area contributed by atoms with Crippen LogP contribution in [-0.4, -0.2) is 5.97 Å². The topological polar surface area (TPSA) is 26.3 Å². The third-order valence-corrected chi connectivity index (χ3v) is 3.52. The monoisotopic (exact) mass is 334 g/mol. The summed E-state index contributed by atoms with van der Waals surface area (Å²) in [6, 6.07) is 9.03. The molecule has 0 aromatic heterocycles. The first-order valence-corrected chi connectivity index (χ1v) is 6.61. The van der Waals surface area contributed by atoms with Crippen LogP contribution in [0.25, 0.3) is 0 Å². The highest BCUT2D eigenvalue weighted by Crippen LogP contribution is 2.29. The summed E-state index contributed by atoms with van der Waals surface area (Å²) >= 11 is 23.3. The van der Waals surface area contributed by atoms with Gasteiger partial charge in [0.1, 0.15) is 5.75 Å². The van der Waals surface area contributed by atoms with E-state index in [-0.39, 0.29) is 21.4 Å². The minimum Gasteiger partial charge on any atom is -0.421 e. The molecule has 0 saturated carbocycles. The van der Waals surface area contributed by atoms with Gasteiger partial charge in [0, 0.05) is 5.02 Å². The zero-order valence-corrected chi connectivity index (χ0v) is 12.3. The number of hydrogen-bond acceptors (Lipinski definition) is 2. The summed E-state index contributed by atoms with van der Waals surface area (Å²) in [6.07, 6.45) is 0. The molecule has 0 bridgehead atoms. The molecule has 19 heavy (non-hydrogen) atoms. The SMILES string of the molecule is O=C(Oc1ccc(Cl)cc1Cl)c1ccc(Cl)c(Cl)c1. The number of halogens is 4. The van der Waals surface area contributed by atoms with Crippen LogP contribution >= 0.6 is 46.4 Å². The first-order valence-electron chi connectivity index (χ1n) is 5.09. The van der Waals surface area contributed by atoms with E-state index in [0.29, 0.717) is 10.0 Å². The maximum Gasteiger partial charge on any atom is 0.343 e. The van der Waals surface area contributed by atoms with Crippen LogP contribution in [0.4, 0.5) is 0 Å². The van der Waals surface area contributed by atoms with Crippen LogP contribution in [0, 0.1) is 0 Å². The van der Waals surface area contributed by atoms with Crippen molar-refractivity contribution in [2.75, 3.05) is 0 Å². The van der Waals surface area contributed by atoms with E-state index in [1.165, 1.54) is 30.3 Å². The summed E-state index contributed by atoms with van der Waals surface area (Å²) < 4.78 is 5.15. The Hall–Kier alpha value is -0.930. The minimum atomic E-state index is -0.581. The molecular weight excluding hydrogens is 330 g/mol. The van der Waals surface area contributed by atoms with Crippen molar-refractivity contribution in [3.63, 3.8) is 0 Å². The molecule has 0 saturated heterocycles. The Labute approximate surface area is 129 Å². The average Bonchev–Trinajstić information content (AvgIpc) is 2.36. The lowest BCUT2D eigenvalue weighted by atomic mass is 10.2. The molecule has 2 nitrogen and oxygen atoms in total. The zero-order chi connectivity index (χ0) is 14.0. The number of rotatable bonds is 2. The molecule has 0 aliphatic carbocycles. The summed E-state index contributed by atoms with van der Waals surface area (Å²) in [5, 5.41) is 1.35. The molecule has 0 aliphatic heterocycles. The van der Waals surface area contributed by atoms with E-state index in [1.54, 1.807) is 6.07 Å². The van der Waals surface area contributed by atoms with Crippen LogP contribution in [0.1, 0.15) is 10.4 Å². The normalized spacial score (nSPS) is 10.3. The number of ether oxygens (including phenoxy) is 1. The molecule has 0 radical (unpaired) electrons. The number of benzene rings is 2.